The third kappa shape index (κ3) is 2.47. The first-order chi connectivity index (χ1) is 10.6. The predicted molar refractivity (Wildman–Crippen MR) is 88.0 cm³/mol. The molecule has 1 fully saturated rings. The number of aromatic nitrogens is 1. The van der Waals surface area contributed by atoms with Crippen LogP contribution in [-0.2, 0) is 7.05 Å². The Morgan fingerprint density at radius 3 is 2.50 bits per heavy atom. The summed E-state index contributed by atoms with van der Waals surface area (Å²) < 4.78 is 1.80. The van der Waals surface area contributed by atoms with Crippen LogP contribution in [0.5, 0.6) is 0 Å². The molecule has 1 aromatic heterocycles. The summed E-state index contributed by atoms with van der Waals surface area (Å²) in [5.41, 5.74) is 7.08. The molecule has 3 rings (SSSR count). The minimum absolute atomic E-state index is 0.173. The van der Waals surface area contributed by atoms with Crippen LogP contribution in [0.15, 0.2) is 29.2 Å². The molecule has 5 nitrogen and oxygen atoms in total. The maximum absolute atomic E-state index is 12.8. The third-order valence-corrected chi connectivity index (χ3v) is 4.37. The number of nitrogens with two attached hydrogens (primary N) is 1. The number of likely N-dealkylation sites (tertiary alicyclic amines) is 1. The van der Waals surface area contributed by atoms with Crippen molar-refractivity contribution < 1.29 is 4.79 Å². The highest BCUT2D eigenvalue weighted by Crippen LogP contribution is 2.19. The molecule has 0 bridgehead atoms. The third-order valence-electron chi connectivity index (χ3n) is 4.37. The highest BCUT2D eigenvalue weighted by molar-refractivity contribution is 6.00. The fourth-order valence-corrected chi connectivity index (χ4v) is 3.15. The van der Waals surface area contributed by atoms with Crippen molar-refractivity contribution >= 4 is 22.5 Å². The molecule has 1 aromatic carbocycles. The molecule has 0 aliphatic carbocycles. The SMILES string of the molecule is Cn1cc(C(=O)N2CCCCCC2)c(=O)c2c(N)cccc21. The van der Waals surface area contributed by atoms with Crippen molar-refractivity contribution in [1.82, 2.24) is 9.47 Å². The van der Waals surface area contributed by atoms with Gasteiger partial charge in [-0.1, -0.05) is 18.9 Å². The molecule has 1 saturated heterocycles. The summed E-state index contributed by atoms with van der Waals surface area (Å²) in [7, 11) is 1.83. The number of hydrogen-bond donors (Lipinski definition) is 1. The fourth-order valence-electron chi connectivity index (χ4n) is 3.15. The lowest BCUT2D eigenvalue weighted by molar-refractivity contribution is 0.0760. The molecule has 1 aliphatic heterocycles. The van der Waals surface area contributed by atoms with Gasteiger partial charge in [0.15, 0.2) is 0 Å². The van der Waals surface area contributed by atoms with Gasteiger partial charge in [0.2, 0.25) is 5.43 Å². The van der Waals surface area contributed by atoms with E-state index in [1.165, 1.54) is 0 Å². The fraction of sp³-hybridized carbons (Fsp3) is 0.412. The molecule has 0 atom stereocenters. The van der Waals surface area contributed by atoms with Gasteiger partial charge in [0.25, 0.3) is 5.91 Å². The molecule has 5 heteroatoms. The summed E-state index contributed by atoms with van der Waals surface area (Å²) in [5.74, 6) is -0.173. The minimum atomic E-state index is -0.263. The van der Waals surface area contributed by atoms with Gasteiger partial charge in [-0.05, 0) is 25.0 Å². The Morgan fingerprint density at radius 1 is 1.14 bits per heavy atom. The van der Waals surface area contributed by atoms with Crippen LogP contribution < -0.4 is 11.2 Å². The van der Waals surface area contributed by atoms with E-state index in [0.29, 0.717) is 11.1 Å². The molecule has 22 heavy (non-hydrogen) atoms. The Labute approximate surface area is 129 Å². The lowest BCUT2D eigenvalue weighted by atomic mass is 10.1. The van der Waals surface area contributed by atoms with Crippen molar-refractivity contribution in [3.05, 3.63) is 40.2 Å². The highest BCUT2D eigenvalue weighted by atomic mass is 16.2. The van der Waals surface area contributed by atoms with E-state index in [1.807, 2.05) is 19.2 Å². The van der Waals surface area contributed by atoms with Crippen LogP contribution >= 0.6 is 0 Å². The highest BCUT2D eigenvalue weighted by Gasteiger charge is 2.22. The molecule has 1 amide bonds. The number of carbonyl (C=O) groups is 1. The second-order valence-corrected chi connectivity index (χ2v) is 5.93. The molecule has 0 spiro atoms. The number of benzene rings is 1. The molecule has 2 aromatic rings. The summed E-state index contributed by atoms with van der Waals surface area (Å²) >= 11 is 0. The molecule has 0 unspecified atom stereocenters. The molecule has 0 radical (unpaired) electrons. The first-order valence-electron chi connectivity index (χ1n) is 7.76. The van der Waals surface area contributed by atoms with E-state index in [-0.39, 0.29) is 16.9 Å². The zero-order valence-electron chi connectivity index (χ0n) is 12.8. The number of carbonyl (C=O) groups excluding carboxylic acids is 1. The number of rotatable bonds is 1. The minimum Gasteiger partial charge on any atom is -0.398 e. The van der Waals surface area contributed by atoms with Crippen LogP contribution in [0.25, 0.3) is 10.9 Å². The topological polar surface area (TPSA) is 68.3 Å². The molecule has 1 aliphatic rings. The number of fused-ring (bicyclic) bond motifs is 1. The molecular weight excluding hydrogens is 278 g/mol. The van der Waals surface area contributed by atoms with Crippen molar-refractivity contribution in [1.29, 1.82) is 0 Å². The lowest BCUT2D eigenvalue weighted by Crippen LogP contribution is -2.35. The summed E-state index contributed by atoms with van der Waals surface area (Å²) in [6.45, 7) is 1.45. The van der Waals surface area contributed by atoms with Crippen molar-refractivity contribution in [2.45, 2.75) is 25.7 Å². The van der Waals surface area contributed by atoms with E-state index < -0.39 is 0 Å². The second-order valence-electron chi connectivity index (χ2n) is 5.93. The average Bonchev–Trinajstić information content (AvgIpc) is 2.79. The van der Waals surface area contributed by atoms with Crippen LogP contribution in [0, 0.1) is 0 Å². The van der Waals surface area contributed by atoms with Gasteiger partial charge in [0.05, 0.1) is 10.9 Å². The van der Waals surface area contributed by atoms with Gasteiger partial charge >= 0.3 is 0 Å². The van der Waals surface area contributed by atoms with E-state index in [1.54, 1.807) is 21.7 Å². The van der Waals surface area contributed by atoms with Crippen molar-refractivity contribution in [2.75, 3.05) is 18.8 Å². The molecule has 116 valence electrons. The summed E-state index contributed by atoms with van der Waals surface area (Å²) in [5, 5.41) is 0.436. The van der Waals surface area contributed by atoms with Crippen molar-refractivity contribution in [2.24, 2.45) is 7.05 Å². The normalized spacial score (nSPS) is 15.8. The van der Waals surface area contributed by atoms with Gasteiger partial charge < -0.3 is 15.2 Å². The van der Waals surface area contributed by atoms with Crippen LogP contribution in [-0.4, -0.2) is 28.5 Å². The quantitative estimate of drug-likeness (QED) is 0.820. The average molecular weight is 299 g/mol. The van der Waals surface area contributed by atoms with Gasteiger partial charge in [-0.15, -0.1) is 0 Å². The number of pyridine rings is 1. The van der Waals surface area contributed by atoms with Crippen LogP contribution in [0.4, 0.5) is 5.69 Å². The smallest absolute Gasteiger partial charge is 0.259 e. The Hall–Kier alpha value is -2.30. The summed E-state index contributed by atoms with van der Waals surface area (Å²) in [6.07, 6.45) is 5.93. The van der Waals surface area contributed by atoms with Gasteiger partial charge in [0.1, 0.15) is 5.56 Å². The predicted octanol–water partition coefficient (Wildman–Crippen LogP) is 2.14. The number of aryl methyl sites for hydroxylation is 1. The Kier molecular flexibility index (Phi) is 3.88. The van der Waals surface area contributed by atoms with E-state index in [9.17, 15) is 9.59 Å². The van der Waals surface area contributed by atoms with Crippen molar-refractivity contribution in [3.8, 4) is 0 Å². The van der Waals surface area contributed by atoms with Crippen molar-refractivity contribution in [3.63, 3.8) is 0 Å². The summed E-state index contributed by atoms with van der Waals surface area (Å²) in [6, 6.07) is 5.35. The lowest BCUT2D eigenvalue weighted by Gasteiger charge is -2.20. The first-order valence-corrected chi connectivity index (χ1v) is 7.76. The zero-order valence-corrected chi connectivity index (χ0v) is 12.8. The van der Waals surface area contributed by atoms with E-state index in [4.69, 9.17) is 5.73 Å². The van der Waals surface area contributed by atoms with Gasteiger partial charge in [-0.25, -0.2) is 0 Å². The molecule has 2 heterocycles. The number of hydrogen-bond acceptors (Lipinski definition) is 3. The monoisotopic (exact) mass is 299 g/mol. The Balaban J connectivity index is 2.11. The number of anilines is 1. The van der Waals surface area contributed by atoms with Crippen LogP contribution in [0.3, 0.4) is 0 Å². The maximum Gasteiger partial charge on any atom is 0.259 e. The van der Waals surface area contributed by atoms with Gasteiger partial charge in [0, 0.05) is 32.0 Å². The summed E-state index contributed by atoms with van der Waals surface area (Å²) in [4.78, 5) is 27.3. The number of nitrogen functional groups attached to an aromatic ring is 1. The van der Waals surface area contributed by atoms with E-state index in [0.717, 1.165) is 44.3 Å². The van der Waals surface area contributed by atoms with Gasteiger partial charge in [-0.2, -0.15) is 0 Å². The maximum atomic E-state index is 12.8. The molecular formula is C17H21N3O2. The molecule has 0 saturated carbocycles. The Bertz CT molecular complexity index is 771. The molecule has 2 N–H and O–H groups in total. The van der Waals surface area contributed by atoms with Gasteiger partial charge in [-0.3, -0.25) is 9.59 Å². The van der Waals surface area contributed by atoms with E-state index >= 15 is 0 Å². The largest absolute Gasteiger partial charge is 0.398 e. The number of amides is 1. The second kappa shape index (κ2) is 5.83. The number of nitrogens with zero attached hydrogens (tertiary/aromatic N) is 2. The standard InChI is InChI=1S/C17H21N3O2/c1-19-11-12(17(22)20-9-4-2-3-5-10-20)16(21)15-13(18)7-6-8-14(15)19/h6-8,11H,2-5,9-10,18H2,1H3. The van der Waals surface area contributed by atoms with E-state index in [2.05, 4.69) is 0 Å². The zero-order chi connectivity index (χ0) is 15.7. The van der Waals surface area contributed by atoms with Crippen LogP contribution in [0.1, 0.15) is 36.0 Å². The first kappa shape index (κ1) is 14.6. The Morgan fingerprint density at radius 2 is 1.82 bits per heavy atom. The van der Waals surface area contributed by atoms with Crippen LogP contribution in [0.2, 0.25) is 0 Å².